The lowest BCUT2D eigenvalue weighted by atomic mass is 9.75. The normalized spacial score (nSPS) is 28.0. The van der Waals surface area contributed by atoms with Crippen LogP contribution in [0.2, 0.25) is 0 Å². The van der Waals surface area contributed by atoms with Crippen LogP contribution in [0, 0.1) is 31.6 Å². The summed E-state index contributed by atoms with van der Waals surface area (Å²) >= 11 is 0. The van der Waals surface area contributed by atoms with Gasteiger partial charge in [-0.15, -0.1) is 0 Å². The van der Waals surface area contributed by atoms with Gasteiger partial charge in [-0.1, -0.05) is 38.1 Å². The Balaban J connectivity index is 1.59. The minimum Gasteiger partial charge on any atom is -0.497 e. The number of amides is 3. The molecule has 2 aromatic rings. The maximum absolute atomic E-state index is 13.8. The third-order valence-corrected chi connectivity index (χ3v) is 7.67. The van der Waals surface area contributed by atoms with Crippen molar-refractivity contribution in [3.8, 4) is 5.75 Å². The Morgan fingerprint density at radius 3 is 2.36 bits per heavy atom. The van der Waals surface area contributed by atoms with Crippen LogP contribution in [-0.2, 0) is 26.5 Å². The number of hydrogen-bond donors (Lipinski definition) is 2. The second-order valence-electron chi connectivity index (χ2n) is 9.72. The van der Waals surface area contributed by atoms with Crippen molar-refractivity contribution in [3.05, 3.63) is 58.7 Å². The Morgan fingerprint density at radius 2 is 1.73 bits per heavy atom. The number of aryl methyl sites for hydroxylation is 1. The predicted molar refractivity (Wildman–Crippen MR) is 124 cm³/mol. The van der Waals surface area contributed by atoms with Gasteiger partial charge in [-0.2, -0.15) is 0 Å². The number of carbonyl (C=O) groups is 3. The van der Waals surface area contributed by atoms with Gasteiger partial charge in [0.15, 0.2) is 0 Å². The Hall–Kier alpha value is -3.19. The quantitative estimate of drug-likeness (QED) is 0.704. The van der Waals surface area contributed by atoms with Crippen molar-refractivity contribution in [1.29, 1.82) is 0 Å². The van der Waals surface area contributed by atoms with Gasteiger partial charge in [0.25, 0.3) is 0 Å². The van der Waals surface area contributed by atoms with E-state index >= 15 is 0 Å². The number of nitrogens with zero attached hydrogens (tertiary/aromatic N) is 1. The van der Waals surface area contributed by atoms with Crippen LogP contribution < -0.4 is 15.4 Å². The summed E-state index contributed by atoms with van der Waals surface area (Å²) in [6.07, 6.45) is 0. The summed E-state index contributed by atoms with van der Waals surface area (Å²) < 4.78 is 5.21. The molecule has 2 fully saturated rings. The Kier molecular flexibility index (Phi) is 4.86. The second-order valence-corrected chi connectivity index (χ2v) is 9.72. The highest BCUT2D eigenvalue weighted by molar-refractivity contribution is 6.15. The van der Waals surface area contributed by atoms with Crippen molar-refractivity contribution in [3.63, 3.8) is 0 Å². The number of hydrogen-bond acceptors (Lipinski definition) is 5. The van der Waals surface area contributed by atoms with Crippen LogP contribution in [0.25, 0.3) is 0 Å². The van der Waals surface area contributed by atoms with E-state index in [1.54, 1.807) is 7.11 Å². The van der Waals surface area contributed by atoms with Gasteiger partial charge in [0.2, 0.25) is 17.7 Å². The zero-order valence-electron chi connectivity index (χ0n) is 19.6. The molecule has 3 amide bonds. The van der Waals surface area contributed by atoms with Crippen LogP contribution in [0.5, 0.6) is 5.75 Å². The van der Waals surface area contributed by atoms with Crippen LogP contribution in [0.3, 0.4) is 0 Å². The Morgan fingerprint density at radius 1 is 1.03 bits per heavy atom. The summed E-state index contributed by atoms with van der Waals surface area (Å²) in [5.74, 6) is -1.35. The van der Waals surface area contributed by atoms with E-state index in [4.69, 9.17) is 4.74 Å². The molecule has 2 N–H and O–H groups in total. The van der Waals surface area contributed by atoms with E-state index in [-0.39, 0.29) is 36.2 Å². The first-order chi connectivity index (χ1) is 15.7. The first-order valence-corrected chi connectivity index (χ1v) is 11.4. The molecule has 2 saturated heterocycles. The molecular formula is C26H29N3O4. The number of imide groups is 1. The molecule has 3 heterocycles. The number of carbonyl (C=O) groups excluding carboxylic acids is 3. The third kappa shape index (κ3) is 2.88. The molecule has 4 atom stereocenters. The molecule has 5 rings (SSSR count). The number of ether oxygens (including phenoxy) is 1. The lowest BCUT2D eigenvalue weighted by Gasteiger charge is -2.30. The van der Waals surface area contributed by atoms with Gasteiger partial charge in [0.05, 0.1) is 25.5 Å². The van der Waals surface area contributed by atoms with Gasteiger partial charge >= 0.3 is 0 Å². The molecule has 0 aromatic heterocycles. The SMILES string of the molecule is COc1ccc(CN2C(=O)[C@H]3[C@@H](C2=O)[C@]2(N[C@H]3C(C)C)C(=O)Nc3c2ccc(C)c3C)cc1. The fourth-order valence-electron chi connectivity index (χ4n) is 5.75. The highest BCUT2D eigenvalue weighted by atomic mass is 16.5. The van der Waals surface area contributed by atoms with Crippen LogP contribution in [-0.4, -0.2) is 35.8 Å². The van der Waals surface area contributed by atoms with E-state index in [2.05, 4.69) is 10.6 Å². The van der Waals surface area contributed by atoms with Gasteiger partial charge in [-0.05, 0) is 48.6 Å². The fraction of sp³-hybridized carbons (Fsp3) is 0.423. The number of benzene rings is 2. The first kappa shape index (κ1) is 21.6. The molecule has 33 heavy (non-hydrogen) atoms. The van der Waals surface area contributed by atoms with Crippen LogP contribution >= 0.6 is 0 Å². The minimum absolute atomic E-state index is 0.0676. The average Bonchev–Trinajstić information content (AvgIpc) is 3.38. The molecule has 0 aliphatic carbocycles. The topological polar surface area (TPSA) is 87.7 Å². The fourth-order valence-corrected chi connectivity index (χ4v) is 5.75. The Labute approximate surface area is 193 Å². The zero-order chi connectivity index (χ0) is 23.7. The van der Waals surface area contributed by atoms with Crippen molar-refractivity contribution in [2.45, 2.75) is 45.8 Å². The number of methoxy groups -OCH3 is 1. The number of likely N-dealkylation sites (tertiary alicyclic amines) is 1. The molecule has 3 aliphatic rings. The molecule has 172 valence electrons. The highest BCUT2D eigenvalue weighted by Gasteiger charge is 2.70. The van der Waals surface area contributed by atoms with Gasteiger partial charge < -0.3 is 10.1 Å². The second kappa shape index (κ2) is 7.42. The van der Waals surface area contributed by atoms with Crippen LogP contribution in [0.4, 0.5) is 5.69 Å². The van der Waals surface area contributed by atoms with Crippen molar-refractivity contribution < 1.29 is 19.1 Å². The van der Waals surface area contributed by atoms with E-state index in [1.807, 2.05) is 64.1 Å². The molecule has 0 unspecified atom stereocenters. The van der Waals surface area contributed by atoms with E-state index < -0.39 is 17.4 Å². The van der Waals surface area contributed by atoms with E-state index in [9.17, 15) is 14.4 Å². The molecule has 2 aromatic carbocycles. The summed E-state index contributed by atoms with van der Waals surface area (Å²) in [4.78, 5) is 42.3. The highest BCUT2D eigenvalue weighted by Crippen LogP contribution is 2.54. The third-order valence-electron chi connectivity index (χ3n) is 7.67. The van der Waals surface area contributed by atoms with E-state index in [0.717, 1.165) is 27.9 Å². The summed E-state index contributed by atoms with van der Waals surface area (Å²) in [5.41, 5.74) is 3.16. The largest absolute Gasteiger partial charge is 0.497 e. The molecule has 0 radical (unpaired) electrons. The van der Waals surface area contributed by atoms with Gasteiger partial charge in [-0.3, -0.25) is 24.6 Å². The predicted octanol–water partition coefficient (Wildman–Crippen LogP) is 2.89. The molecule has 0 bridgehead atoms. The van der Waals surface area contributed by atoms with Crippen molar-refractivity contribution in [2.24, 2.45) is 17.8 Å². The zero-order valence-corrected chi connectivity index (χ0v) is 19.6. The maximum Gasteiger partial charge on any atom is 0.250 e. The summed E-state index contributed by atoms with van der Waals surface area (Å²) in [5, 5.41) is 6.51. The molecule has 0 saturated carbocycles. The van der Waals surface area contributed by atoms with Gasteiger partial charge in [0, 0.05) is 17.3 Å². The lowest BCUT2D eigenvalue weighted by molar-refractivity contribution is -0.143. The molecule has 7 nitrogen and oxygen atoms in total. The van der Waals surface area contributed by atoms with E-state index in [1.165, 1.54) is 4.90 Å². The summed E-state index contributed by atoms with van der Waals surface area (Å²) in [6.45, 7) is 8.18. The standard InChI is InChI=1S/C26H29N3O4/c1-13(2)21-19-20(24(31)29(23(19)30)12-16-7-9-17(33-5)10-8-16)26(28-21)18-11-6-14(3)15(4)22(18)27-25(26)32/h6-11,13,19-21,28H,12H2,1-5H3,(H,27,32)/t19-,20-,21-,26-/m0/s1. The summed E-state index contributed by atoms with van der Waals surface area (Å²) in [6, 6.07) is 10.9. The maximum atomic E-state index is 13.8. The van der Waals surface area contributed by atoms with Crippen LogP contribution in [0.1, 0.15) is 36.1 Å². The van der Waals surface area contributed by atoms with Crippen LogP contribution in [0.15, 0.2) is 36.4 Å². The molecule has 1 spiro atoms. The van der Waals surface area contributed by atoms with Gasteiger partial charge in [0.1, 0.15) is 11.3 Å². The van der Waals surface area contributed by atoms with Gasteiger partial charge in [-0.25, -0.2) is 0 Å². The lowest BCUT2D eigenvalue weighted by Crippen LogP contribution is -2.53. The minimum atomic E-state index is -1.24. The van der Waals surface area contributed by atoms with E-state index in [0.29, 0.717) is 5.75 Å². The first-order valence-electron chi connectivity index (χ1n) is 11.4. The number of rotatable bonds is 4. The molecular weight excluding hydrogens is 418 g/mol. The monoisotopic (exact) mass is 447 g/mol. The van der Waals surface area contributed by atoms with Crippen molar-refractivity contribution >= 4 is 23.4 Å². The smallest absolute Gasteiger partial charge is 0.250 e. The number of fused-ring (bicyclic) bond motifs is 4. The average molecular weight is 448 g/mol. The van der Waals surface area contributed by atoms with Crippen molar-refractivity contribution in [2.75, 3.05) is 12.4 Å². The Bertz CT molecular complexity index is 1170. The number of nitrogens with one attached hydrogen (secondary N) is 2. The summed E-state index contributed by atoms with van der Waals surface area (Å²) in [7, 11) is 1.59. The van der Waals surface area contributed by atoms with Crippen molar-refractivity contribution in [1.82, 2.24) is 10.2 Å². The molecule has 3 aliphatic heterocycles. The molecule has 7 heteroatoms. The number of anilines is 1.